The smallest absolute Gasteiger partial charge is 0.305 e. The number of H-pyrrole nitrogens is 1. The first kappa shape index (κ1) is 30.2. The second-order valence-electron chi connectivity index (χ2n) is 12.2. The first-order chi connectivity index (χ1) is 22.7. The number of thiazole rings is 1. The lowest BCUT2D eigenvalue weighted by Crippen LogP contribution is -2.42. The first-order valence-corrected chi connectivity index (χ1v) is 17.2. The molecule has 2 saturated carbocycles. The number of methoxy groups -OCH3 is 1. The maximum atomic E-state index is 14.0. The minimum atomic E-state index is -0.436. The summed E-state index contributed by atoms with van der Waals surface area (Å²) in [6.07, 6.45) is 0.765. The molecular formula is C34H27ClFN3O6S2. The summed E-state index contributed by atoms with van der Waals surface area (Å²) in [6, 6.07) is 17.7. The van der Waals surface area contributed by atoms with Crippen LogP contribution >= 0.6 is 34.7 Å². The van der Waals surface area contributed by atoms with Gasteiger partial charge in [-0.2, -0.15) is 0 Å². The number of hydrogen-bond acceptors (Lipinski definition) is 8. The van der Waals surface area contributed by atoms with Crippen LogP contribution in [0.2, 0.25) is 5.02 Å². The highest BCUT2D eigenvalue weighted by Crippen LogP contribution is 2.68. The normalized spacial score (nSPS) is 27.0. The molecule has 4 aromatic rings. The van der Waals surface area contributed by atoms with Crippen molar-refractivity contribution in [3.63, 3.8) is 0 Å². The number of halogens is 2. The first-order valence-electron chi connectivity index (χ1n) is 15.1. The number of aromatic nitrogens is 1. The number of fused-ring (bicyclic) bond motifs is 9. The molecule has 240 valence electrons. The Bertz CT molecular complexity index is 1980. The van der Waals surface area contributed by atoms with Crippen molar-refractivity contribution in [1.29, 1.82) is 0 Å². The van der Waals surface area contributed by atoms with Gasteiger partial charge >= 0.3 is 4.87 Å². The quantitative estimate of drug-likeness (QED) is 0.231. The fourth-order valence-corrected chi connectivity index (χ4v) is 11.1. The molecule has 7 atom stereocenters. The van der Waals surface area contributed by atoms with E-state index in [0.717, 1.165) is 21.9 Å². The van der Waals surface area contributed by atoms with Crippen LogP contribution < -0.4 is 24.6 Å². The Morgan fingerprint density at radius 2 is 1.72 bits per heavy atom. The fourth-order valence-electron chi connectivity index (χ4n) is 8.11. The van der Waals surface area contributed by atoms with Crippen molar-refractivity contribution < 1.29 is 28.2 Å². The molecule has 2 bridgehead atoms. The van der Waals surface area contributed by atoms with Crippen LogP contribution in [0.15, 0.2) is 76.6 Å². The zero-order chi connectivity index (χ0) is 32.6. The van der Waals surface area contributed by atoms with Crippen LogP contribution in [0.3, 0.4) is 0 Å². The second kappa shape index (κ2) is 11.5. The molecule has 6 unspecified atom stereocenters. The summed E-state index contributed by atoms with van der Waals surface area (Å²) < 4.78 is 24.7. The number of rotatable bonds is 7. The van der Waals surface area contributed by atoms with Gasteiger partial charge in [-0.3, -0.25) is 24.1 Å². The summed E-state index contributed by atoms with van der Waals surface area (Å²) in [5.41, 5.74) is 1.87. The average molecular weight is 692 g/mol. The SMILES string of the molecule is COc1cc([C@H]2c3sc(=O)[nH]c3SC3C4CC(C5C(=O)N(c6ccc(Cl)cc6)C(=O)C45)C32)ccc1OCC(=O)Nc1ccc(F)cc1. The second-order valence-corrected chi connectivity index (χ2v) is 14.8. The van der Waals surface area contributed by atoms with Crippen molar-refractivity contribution in [2.75, 3.05) is 23.9 Å². The third-order valence-corrected chi connectivity index (χ3v) is 12.7. The van der Waals surface area contributed by atoms with Gasteiger partial charge in [-0.15, -0.1) is 11.8 Å². The summed E-state index contributed by atoms with van der Waals surface area (Å²) in [5, 5.41) is 4.03. The van der Waals surface area contributed by atoms with Gasteiger partial charge in [-0.1, -0.05) is 29.0 Å². The van der Waals surface area contributed by atoms with Crippen molar-refractivity contribution in [3.8, 4) is 11.5 Å². The van der Waals surface area contributed by atoms with Gasteiger partial charge in [0.25, 0.3) is 5.91 Å². The predicted molar refractivity (Wildman–Crippen MR) is 176 cm³/mol. The van der Waals surface area contributed by atoms with Gasteiger partial charge in [0.05, 0.1) is 29.7 Å². The number of thioether (sulfide) groups is 1. The van der Waals surface area contributed by atoms with Gasteiger partial charge in [-0.05, 0) is 90.4 Å². The number of nitrogens with zero attached hydrogens (tertiary/aromatic N) is 1. The molecule has 0 radical (unpaired) electrons. The molecule has 1 aromatic heterocycles. The predicted octanol–water partition coefficient (Wildman–Crippen LogP) is 5.93. The number of amides is 3. The number of anilines is 2. The standard InChI is InChI=1S/C34H27ClFN3O6S2/c1-44-23-12-15(2-11-22(23)45-14-24(40)37-18-7-5-17(36)6-8-18)25-26-20-13-21(29(26)46-31-30(25)47-34(43)38-31)28-27(20)32(41)39(33(28)42)19-9-3-16(35)4-10-19/h2-12,20-21,25-29H,13-14H2,1H3,(H,37,40)(H,38,43)/t20?,21?,25-,26?,27?,28?,29?/m1/s1. The minimum absolute atomic E-state index is 0.00470. The molecule has 2 aliphatic carbocycles. The Morgan fingerprint density at radius 1 is 1.00 bits per heavy atom. The molecule has 4 aliphatic rings. The van der Waals surface area contributed by atoms with Gasteiger partial charge in [0.1, 0.15) is 5.82 Å². The Kier molecular flexibility index (Phi) is 7.42. The van der Waals surface area contributed by atoms with Crippen LogP contribution in [-0.2, 0) is 14.4 Å². The van der Waals surface area contributed by atoms with Gasteiger partial charge < -0.3 is 19.8 Å². The number of benzene rings is 3. The molecule has 0 spiro atoms. The summed E-state index contributed by atoms with van der Waals surface area (Å²) >= 11 is 8.88. The fraction of sp³-hybridized carbons (Fsp3) is 0.294. The maximum Gasteiger partial charge on any atom is 0.305 e. The lowest BCUT2D eigenvalue weighted by molar-refractivity contribution is -0.123. The van der Waals surface area contributed by atoms with Crippen LogP contribution in [0.4, 0.5) is 15.8 Å². The highest BCUT2D eigenvalue weighted by molar-refractivity contribution is 8.00. The van der Waals surface area contributed by atoms with E-state index in [-0.39, 0.29) is 52.2 Å². The van der Waals surface area contributed by atoms with E-state index in [1.54, 1.807) is 42.1 Å². The third-order valence-electron chi connectivity index (χ3n) is 9.84. The van der Waals surface area contributed by atoms with Crippen LogP contribution in [-0.4, -0.2) is 41.7 Å². The summed E-state index contributed by atoms with van der Waals surface area (Å²) in [4.78, 5) is 58.1. The maximum absolute atomic E-state index is 14.0. The van der Waals surface area contributed by atoms with E-state index in [0.29, 0.717) is 27.9 Å². The van der Waals surface area contributed by atoms with E-state index in [1.165, 1.54) is 47.6 Å². The number of carbonyl (C=O) groups excluding carboxylic acids is 3. The van der Waals surface area contributed by atoms with Gasteiger partial charge in [0.2, 0.25) is 11.8 Å². The lowest BCUT2D eigenvalue weighted by atomic mass is 9.68. The highest BCUT2D eigenvalue weighted by Gasteiger charge is 2.69. The van der Waals surface area contributed by atoms with E-state index in [2.05, 4.69) is 10.3 Å². The number of nitrogens with one attached hydrogen (secondary N) is 2. The largest absolute Gasteiger partial charge is 0.493 e. The van der Waals surface area contributed by atoms with Gasteiger partial charge in [-0.25, -0.2) is 4.39 Å². The molecule has 3 fully saturated rings. The van der Waals surface area contributed by atoms with Crippen LogP contribution in [0.1, 0.15) is 22.8 Å². The van der Waals surface area contributed by atoms with E-state index in [4.69, 9.17) is 21.1 Å². The number of ether oxygens (including phenoxy) is 2. The van der Waals surface area contributed by atoms with E-state index < -0.39 is 23.6 Å². The number of carbonyl (C=O) groups is 3. The molecule has 9 nitrogen and oxygen atoms in total. The van der Waals surface area contributed by atoms with Crippen molar-refractivity contribution in [3.05, 3.63) is 97.7 Å². The Hall–Kier alpha value is -4.13. The molecule has 3 aromatic carbocycles. The molecule has 3 heterocycles. The molecule has 2 aliphatic heterocycles. The number of imide groups is 1. The van der Waals surface area contributed by atoms with Crippen molar-refractivity contribution in [1.82, 2.24) is 4.98 Å². The average Bonchev–Trinajstić information content (AvgIpc) is 3.80. The molecular weight excluding hydrogens is 665 g/mol. The summed E-state index contributed by atoms with van der Waals surface area (Å²) in [6.45, 7) is -0.297. The molecule has 1 saturated heterocycles. The van der Waals surface area contributed by atoms with Crippen LogP contribution in [0.5, 0.6) is 11.5 Å². The van der Waals surface area contributed by atoms with Crippen molar-refractivity contribution in [2.45, 2.75) is 22.6 Å². The minimum Gasteiger partial charge on any atom is -0.493 e. The Morgan fingerprint density at radius 3 is 2.45 bits per heavy atom. The topological polar surface area (TPSA) is 118 Å². The van der Waals surface area contributed by atoms with Crippen LogP contribution in [0, 0.1) is 35.4 Å². The van der Waals surface area contributed by atoms with E-state index in [1.807, 2.05) is 12.1 Å². The van der Waals surface area contributed by atoms with E-state index in [9.17, 15) is 23.6 Å². The molecule has 13 heteroatoms. The van der Waals surface area contributed by atoms with Crippen LogP contribution in [0.25, 0.3) is 0 Å². The Balaban J connectivity index is 1.09. The molecule has 3 amide bonds. The third kappa shape index (κ3) is 4.96. The van der Waals surface area contributed by atoms with Gasteiger partial charge in [0, 0.05) is 26.8 Å². The van der Waals surface area contributed by atoms with E-state index >= 15 is 0 Å². The van der Waals surface area contributed by atoms with Crippen molar-refractivity contribution in [2.24, 2.45) is 29.6 Å². The summed E-state index contributed by atoms with van der Waals surface area (Å²) in [5.74, 6) is -1.51. The van der Waals surface area contributed by atoms with Gasteiger partial charge in [0.15, 0.2) is 18.1 Å². The molecule has 2 N–H and O–H groups in total. The highest BCUT2D eigenvalue weighted by atomic mass is 35.5. The monoisotopic (exact) mass is 691 g/mol. The zero-order valence-electron chi connectivity index (χ0n) is 24.8. The molecule has 47 heavy (non-hydrogen) atoms. The summed E-state index contributed by atoms with van der Waals surface area (Å²) in [7, 11) is 1.51. The number of hydrogen-bond donors (Lipinski definition) is 2. The lowest BCUT2D eigenvalue weighted by Gasteiger charge is -2.43. The Labute approximate surface area is 281 Å². The van der Waals surface area contributed by atoms with Crippen molar-refractivity contribution >= 4 is 63.8 Å². The number of aromatic amines is 1. The molecule has 8 rings (SSSR count). The zero-order valence-corrected chi connectivity index (χ0v) is 27.2.